The third-order valence-corrected chi connectivity index (χ3v) is 4.65. The highest BCUT2D eigenvalue weighted by Gasteiger charge is 2.14. The number of aromatic nitrogens is 2. The van der Waals surface area contributed by atoms with Crippen molar-refractivity contribution >= 4 is 23.2 Å². The smallest absolute Gasteiger partial charge is 0.316 e. The van der Waals surface area contributed by atoms with Crippen molar-refractivity contribution in [3.05, 3.63) is 68.8 Å². The second kappa shape index (κ2) is 9.04. The van der Waals surface area contributed by atoms with Gasteiger partial charge in [0.2, 0.25) is 11.7 Å². The molecular formula is C21H21ClFN3O4. The summed E-state index contributed by atoms with van der Waals surface area (Å²) >= 11 is 5.97. The molecule has 158 valence electrons. The fourth-order valence-electron chi connectivity index (χ4n) is 2.97. The molecular weight excluding hydrogens is 413 g/mol. The van der Waals surface area contributed by atoms with Crippen LogP contribution in [0.1, 0.15) is 11.1 Å². The van der Waals surface area contributed by atoms with Crippen LogP contribution in [0.4, 0.5) is 16.0 Å². The zero-order valence-corrected chi connectivity index (χ0v) is 17.7. The maximum absolute atomic E-state index is 13.8. The second-order valence-corrected chi connectivity index (χ2v) is 6.93. The number of anilines is 2. The molecule has 0 amide bonds. The lowest BCUT2D eigenvalue weighted by Gasteiger charge is -2.18. The minimum absolute atomic E-state index is 0.0621. The summed E-state index contributed by atoms with van der Waals surface area (Å²) in [5.41, 5.74) is 1.57. The van der Waals surface area contributed by atoms with Gasteiger partial charge >= 0.3 is 5.56 Å². The van der Waals surface area contributed by atoms with E-state index in [1.807, 2.05) is 6.92 Å². The predicted molar refractivity (Wildman–Crippen MR) is 113 cm³/mol. The summed E-state index contributed by atoms with van der Waals surface area (Å²) in [6.45, 7) is 2.08. The average molecular weight is 434 g/mol. The Morgan fingerprint density at radius 2 is 1.70 bits per heavy atom. The molecule has 0 aliphatic carbocycles. The van der Waals surface area contributed by atoms with Gasteiger partial charge in [0.25, 0.3) is 0 Å². The van der Waals surface area contributed by atoms with Crippen molar-refractivity contribution in [3.8, 4) is 17.2 Å². The van der Waals surface area contributed by atoms with Gasteiger partial charge in [0, 0.05) is 16.8 Å². The van der Waals surface area contributed by atoms with Gasteiger partial charge in [-0.3, -0.25) is 4.79 Å². The van der Waals surface area contributed by atoms with Crippen molar-refractivity contribution in [2.75, 3.05) is 26.6 Å². The summed E-state index contributed by atoms with van der Waals surface area (Å²) in [6, 6.07) is 7.78. The molecule has 3 rings (SSSR count). The fourth-order valence-corrected chi connectivity index (χ4v) is 3.21. The molecule has 30 heavy (non-hydrogen) atoms. The number of rotatable bonds is 7. The minimum atomic E-state index is -0.536. The molecule has 0 unspecified atom stereocenters. The lowest BCUT2D eigenvalue weighted by molar-refractivity contribution is 0.355. The number of hydrogen-bond donors (Lipinski definition) is 1. The molecule has 1 aromatic heterocycles. The van der Waals surface area contributed by atoms with Crippen LogP contribution in [0, 0.1) is 12.7 Å². The van der Waals surface area contributed by atoms with Crippen molar-refractivity contribution in [2.45, 2.75) is 13.5 Å². The van der Waals surface area contributed by atoms with E-state index >= 15 is 0 Å². The molecule has 2 aromatic carbocycles. The van der Waals surface area contributed by atoms with E-state index in [1.54, 1.807) is 29.9 Å². The van der Waals surface area contributed by atoms with E-state index in [1.165, 1.54) is 32.5 Å². The van der Waals surface area contributed by atoms with Crippen LogP contribution in [-0.4, -0.2) is 30.9 Å². The van der Waals surface area contributed by atoms with E-state index in [9.17, 15) is 9.18 Å². The van der Waals surface area contributed by atoms with Crippen molar-refractivity contribution in [3.63, 3.8) is 0 Å². The molecule has 0 atom stereocenters. The van der Waals surface area contributed by atoms with Crippen molar-refractivity contribution < 1.29 is 18.6 Å². The summed E-state index contributed by atoms with van der Waals surface area (Å²) in [6.07, 6.45) is 1.51. The van der Waals surface area contributed by atoms with Crippen LogP contribution < -0.4 is 25.1 Å². The molecule has 0 aliphatic heterocycles. The molecule has 0 aliphatic rings. The fraction of sp³-hybridized carbons (Fsp3) is 0.238. The molecule has 0 spiro atoms. The zero-order valence-electron chi connectivity index (χ0n) is 17.0. The first kappa shape index (κ1) is 21.4. The number of methoxy groups -OCH3 is 3. The topological polar surface area (TPSA) is 74.6 Å². The van der Waals surface area contributed by atoms with Gasteiger partial charge in [-0.15, -0.1) is 0 Å². The van der Waals surface area contributed by atoms with E-state index in [2.05, 4.69) is 10.3 Å². The Balaban J connectivity index is 2.06. The van der Waals surface area contributed by atoms with Gasteiger partial charge in [-0.1, -0.05) is 11.6 Å². The Kier molecular flexibility index (Phi) is 6.47. The Morgan fingerprint density at radius 1 is 1.03 bits per heavy atom. The maximum atomic E-state index is 13.8. The number of nitrogens with one attached hydrogen (secondary N) is 1. The van der Waals surface area contributed by atoms with Crippen molar-refractivity contribution in [1.82, 2.24) is 9.55 Å². The Hall–Kier alpha value is -3.26. The van der Waals surface area contributed by atoms with Crippen LogP contribution >= 0.6 is 11.6 Å². The minimum Gasteiger partial charge on any atom is -0.493 e. The standard InChI is InChI=1S/C21H21ClFN3O4/c1-12-5-17(28-2)18(29-3)9-16(12)24-21-25-20(27)19(30-4)11-26(21)10-13-6-14(22)8-15(23)7-13/h5-9,11H,10H2,1-4H3,(H,24,25,27). The van der Waals surface area contributed by atoms with E-state index in [-0.39, 0.29) is 23.3 Å². The molecule has 9 heteroatoms. The number of hydrogen-bond acceptors (Lipinski definition) is 6. The first-order chi connectivity index (χ1) is 14.3. The van der Waals surface area contributed by atoms with Gasteiger partial charge in [-0.25, -0.2) is 4.39 Å². The summed E-state index contributed by atoms with van der Waals surface area (Å²) in [7, 11) is 4.47. The monoisotopic (exact) mass is 433 g/mol. The van der Waals surface area contributed by atoms with Crippen molar-refractivity contribution in [1.29, 1.82) is 0 Å². The lowest BCUT2D eigenvalue weighted by Crippen LogP contribution is -2.19. The SMILES string of the molecule is COc1cc(C)c(Nc2nc(=O)c(OC)cn2Cc2cc(F)cc(Cl)c2)cc1OC. The number of benzene rings is 2. The predicted octanol–water partition coefficient (Wildman–Crippen LogP) is 4.16. The molecule has 1 heterocycles. The molecule has 1 N–H and O–H groups in total. The number of halogens is 2. The largest absolute Gasteiger partial charge is 0.493 e. The van der Waals surface area contributed by atoms with E-state index in [0.717, 1.165) is 5.56 Å². The van der Waals surface area contributed by atoms with E-state index in [4.69, 9.17) is 25.8 Å². The van der Waals surface area contributed by atoms with Gasteiger partial charge in [-0.2, -0.15) is 4.98 Å². The van der Waals surface area contributed by atoms with Crippen LogP contribution in [0.3, 0.4) is 0 Å². The summed E-state index contributed by atoms with van der Waals surface area (Å²) in [4.78, 5) is 16.4. The average Bonchev–Trinajstić information content (AvgIpc) is 2.70. The number of ether oxygens (including phenoxy) is 3. The maximum Gasteiger partial charge on any atom is 0.316 e. The van der Waals surface area contributed by atoms with Crippen LogP contribution in [0.2, 0.25) is 5.02 Å². The van der Waals surface area contributed by atoms with Crippen LogP contribution in [0.15, 0.2) is 41.3 Å². The molecule has 0 bridgehead atoms. The third kappa shape index (κ3) is 4.65. The first-order valence-electron chi connectivity index (χ1n) is 8.94. The summed E-state index contributed by atoms with van der Waals surface area (Å²) in [5, 5.41) is 3.42. The first-order valence-corrected chi connectivity index (χ1v) is 9.32. The summed E-state index contributed by atoms with van der Waals surface area (Å²) < 4.78 is 31.2. The lowest BCUT2D eigenvalue weighted by atomic mass is 10.1. The Morgan fingerprint density at radius 3 is 2.33 bits per heavy atom. The van der Waals surface area contributed by atoms with Gasteiger partial charge in [0.1, 0.15) is 5.82 Å². The van der Waals surface area contributed by atoms with Crippen LogP contribution in [0.5, 0.6) is 17.2 Å². The molecule has 3 aromatic rings. The molecule has 0 saturated carbocycles. The third-order valence-electron chi connectivity index (χ3n) is 4.44. The molecule has 0 saturated heterocycles. The normalized spacial score (nSPS) is 10.6. The van der Waals surface area contributed by atoms with Crippen LogP contribution in [-0.2, 0) is 6.54 Å². The summed E-state index contributed by atoms with van der Waals surface area (Å²) in [5.74, 6) is 0.951. The van der Waals surface area contributed by atoms with E-state index < -0.39 is 11.4 Å². The Bertz CT molecular complexity index is 1110. The van der Waals surface area contributed by atoms with Gasteiger partial charge in [0.05, 0.1) is 34.1 Å². The molecule has 0 radical (unpaired) electrons. The van der Waals surface area contributed by atoms with Gasteiger partial charge in [-0.05, 0) is 42.3 Å². The number of nitrogens with zero attached hydrogens (tertiary/aromatic N) is 2. The van der Waals surface area contributed by atoms with Gasteiger partial charge in [0.15, 0.2) is 11.5 Å². The number of aryl methyl sites for hydroxylation is 1. The highest BCUT2D eigenvalue weighted by atomic mass is 35.5. The van der Waals surface area contributed by atoms with Gasteiger partial charge < -0.3 is 24.1 Å². The Labute approximate surface area is 178 Å². The van der Waals surface area contributed by atoms with Crippen LogP contribution in [0.25, 0.3) is 0 Å². The van der Waals surface area contributed by atoms with Crippen molar-refractivity contribution in [2.24, 2.45) is 0 Å². The highest BCUT2D eigenvalue weighted by molar-refractivity contribution is 6.30. The zero-order chi connectivity index (χ0) is 21.8. The van der Waals surface area contributed by atoms with E-state index in [0.29, 0.717) is 22.7 Å². The quantitative estimate of drug-likeness (QED) is 0.603. The molecule has 7 nitrogen and oxygen atoms in total. The molecule has 0 fully saturated rings. The second-order valence-electron chi connectivity index (χ2n) is 6.49. The highest BCUT2D eigenvalue weighted by Crippen LogP contribution is 2.34.